The lowest BCUT2D eigenvalue weighted by Gasteiger charge is -2.33. The SMILES string of the molecule is CC[C@@](Cc1cccs1)(C(=O)N[C@@H](Cc1cccc2c(-c3c(C(F)(F)F)ccn(C)c3=O)nccc12)C(=O)O)c1ccccc1. The summed E-state index contributed by atoms with van der Waals surface area (Å²) in [6, 6.07) is 18.9. The van der Waals surface area contributed by atoms with E-state index in [0.29, 0.717) is 23.8 Å². The number of aromatic nitrogens is 2. The fourth-order valence-corrected chi connectivity index (χ4v) is 6.55. The van der Waals surface area contributed by atoms with Crippen LogP contribution < -0.4 is 10.9 Å². The predicted octanol–water partition coefficient (Wildman–Crippen LogP) is 6.38. The lowest BCUT2D eigenvalue weighted by atomic mass is 9.74. The molecule has 0 aliphatic carbocycles. The monoisotopic (exact) mass is 633 g/mol. The molecule has 0 bridgehead atoms. The second kappa shape index (κ2) is 12.7. The summed E-state index contributed by atoms with van der Waals surface area (Å²) in [7, 11) is 1.35. The highest BCUT2D eigenvalue weighted by atomic mass is 32.1. The van der Waals surface area contributed by atoms with Gasteiger partial charge in [-0.2, -0.15) is 13.2 Å². The van der Waals surface area contributed by atoms with Crippen molar-refractivity contribution in [1.82, 2.24) is 14.9 Å². The lowest BCUT2D eigenvalue weighted by molar-refractivity contribution is -0.142. The summed E-state index contributed by atoms with van der Waals surface area (Å²) in [5, 5.41) is 15.6. The molecule has 2 atom stereocenters. The second-order valence-corrected chi connectivity index (χ2v) is 11.8. The Morgan fingerprint density at radius 2 is 1.76 bits per heavy atom. The van der Waals surface area contributed by atoms with Crippen LogP contribution in [0, 0.1) is 0 Å². The molecule has 7 nitrogen and oxygen atoms in total. The van der Waals surface area contributed by atoms with Crippen molar-refractivity contribution in [3.63, 3.8) is 0 Å². The predicted molar refractivity (Wildman–Crippen MR) is 167 cm³/mol. The van der Waals surface area contributed by atoms with Gasteiger partial charge in [0, 0.05) is 42.5 Å². The highest BCUT2D eigenvalue weighted by molar-refractivity contribution is 7.09. The van der Waals surface area contributed by atoms with Gasteiger partial charge in [-0.3, -0.25) is 14.6 Å². The van der Waals surface area contributed by atoms with Crippen LogP contribution in [-0.2, 0) is 41.1 Å². The number of rotatable bonds is 10. The molecule has 0 unspecified atom stereocenters. The van der Waals surface area contributed by atoms with E-state index in [1.807, 2.05) is 54.8 Å². The van der Waals surface area contributed by atoms with Gasteiger partial charge < -0.3 is 15.0 Å². The number of carboxylic acid groups (broad SMARTS) is 1. The minimum Gasteiger partial charge on any atom is -0.480 e. The molecule has 0 aliphatic rings. The van der Waals surface area contributed by atoms with Crippen LogP contribution in [0.15, 0.2) is 95.4 Å². The quantitative estimate of drug-likeness (QED) is 0.186. The standard InChI is InChI=1S/C34H30F3N3O4S/c1-3-33(20-23-12-8-18-45-23,22-10-5-4-6-11-22)32(44)39-27(31(42)43)19-21-9-7-13-25-24(21)14-16-38-29(25)28-26(34(35,36)37)15-17-40(2)30(28)41/h4-18,27H,3,19-20H2,1-2H3,(H,39,44)(H,42,43)/t27-,33-/m0/s1. The van der Waals surface area contributed by atoms with E-state index in [2.05, 4.69) is 10.3 Å². The van der Waals surface area contributed by atoms with Crippen molar-refractivity contribution in [2.45, 2.75) is 43.8 Å². The highest BCUT2D eigenvalue weighted by Gasteiger charge is 2.41. The minimum atomic E-state index is -4.81. The highest BCUT2D eigenvalue weighted by Crippen LogP contribution is 2.38. The molecule has 0 spiro atoms. The Morgan fingerprint density at radius 3 is 2.40 bits per heavy atom. The number of carbonyl (C=O) groups is 2. The fraction of sp³-hybridized carbons (Fsp3) is 0.235. The zero-order chi connectivity index (χ0) is 32.4. The van der Waals surface area contributed by atoms with Crippen LogP contribution in [-0.4, -0.2) is 32.6 Å². The number of halogens is 3. The second-order valence-electron chi connectivity index (χ2n) is 10.8. The third kappa shape index (κ3) is 6.26. The van der Waals surface area contributed by atoms with Crippen molar-refractivity contribution < 1.29 is 27.9 Å². The van der Waals surface area contributed by atoms with Gasteiger partial charge in [-0.25, -0.2) is 4.79 Å². The molecule has 5 rings (SSSR count). The first kappa shape index (κ1) is 31.6. The molecule has 0 saturated carbocycles. The van der Waals surface area contributed by atoms with Crippen LogP contribution in [0.1, 0.15) is 34.9 Å². The van der Waals surface area contributed by atoms with Crippen molar-refractivity contribution in [1.29, 1.82) is 0 Å². The number of alkyl halides is 3. The molecule has 5 aromatic rings. The first-order valence-electron chi connectivity index (χ1n) is 14.2. The third-order valence-electron chi connectivity index (χ3n) is 8.16. The molecule has 45 heavy (non-hydrogen) atoms. The molecule has 1 amide bonds. The van der Waals surface area contributed by atoms with Crippen LogP contribution in [0.4, 0.5) is 13.2 Å². The molecule has 0 radical (unpaired) electrons. The van der Waals surface area contributed by atoms with Gasteiger partial charge in [0.1, 0.15) is 6.04 Å². The van der Waals surface area contributed by atoms with Crippen molar-refractivity contribution in [3.05, 3.63) is 122 Å². The van der Waals surface area contributed by atoms with E-state index in [0.717, 1.165) is 27.3 Å². The molecule has 0 aliphatic heterocycles. The van der Waals surface area contributed by atoms with Crippen LogP contribution >= 0.6 is 11.3 Å². The van der Waals surface area contributed by atoms with Gasteiger partial charge in [-0.05, 0) is 46.5 Å². The van der Waals surface area contributed by atoms with Gasteiger partial charge in [0.2, 0.25) is 5.91 Å². The van der Waals surface area contributed by atoms with Crippen LogP contribution in [0.3, 0.4) is 0 Å². The number of carboxylic acids is 1. The number of carbonyl (C=O) groups excluding carboxylic acids is 1. The number of aliphatic carboxylic acids is 1. The van der Waals surface area contributed by atoms with Gasteiger partial charge in [-0.15, -0.1) is 11.3 Å². The molecular weight excluding hydrogens is 603 g/mol. The molecule has 3 aromatic heterocycles. The Hall–Kier alpha value is -4.77. The third-order valence-corrected chi connectivity index (χ3v) is 9.03. The Morgan fingerprint density at radius 1 is 1.00 bits per heavy atom. The van der Waals surface area contributed by atoms with Crippen LogP contribution in [0.2, 0.25) is 0 Å². The molecule has 3 heterocycles. The lowest BCUT2D eigenvalue weighted by Crippen LogP contribution is -2.52. The molecule has 2 N–H and O–H groups in total. The molecule has 0 saturated heterocycles. The average Bonchev–Trinajstić information content (AvgIpc) is 3.53. The number of hydrogen-bond donors (Lipinski definition) is 2. The van der Waals surface area contributed by atoms with Gasteiger partial charge in [0.15, 0.2) is 0 Å². The minimum absolute atomic E-state index is 0.158. The smallest absolute Gasteiger partial charge is 0.417 e. The van der Waals surface area contributed by atoms with E-state index in [9.17, 15) is 32.7 Å². The summed E-state index contributed by atoms with van der Waals surface area (Å²) >= 11 is 1.51. The van der Waals surface area contributed by atoms with E-state index in [1.54, 1.807) is 24.3 Å². The van der Waals surface area contributed by atoms with Crippen molar-refractivity contribution in [2.75, 3.05) is 0 Å². The Labute approximate surface area is 261 Å². The number of nitrogens with zero attached hydrogens (tertiary/aromatic N) is 2. The van der Waals surface area contributed by atoms with Crippen molar-refractivity contribution in [3.8, 4) is 11.3 Å². The summed E-state index contributed by atoms with van der Waals surface area (Å²) in [6.07, 6.45) is -1.84. The van der Waals surface area contributed by atoms with Crippen LogP contribution in [0.5, 0.6) is 0 Å². The number of fused-ring (bicyclic) bond motifs is 1. The number of benzene rings is 2. The first-order valence-corrected chi connectivity index (χ1v) is 15.1. The van der Waals surface area contributed by atoms with Gasteiger partial charge >= 0.3 is 12.1 Å². The van der Waals surface area contributed by atoms with Crippen molar-refractivity contribution >= 4 is 34.0 Å². The summed E-state index contributed by atoms with van der Waals surface area (Å²) in [5.41, 5.74) is -2.57. The number of amides is 1. The van der Waals surface area contributed by atoms with E-state index in [4.69, 9.17) is 0 Å². The first-order chi connectivity index (χ1) is 21.5. The number of aryl methyl sites for hydroxylation is 1. The van der Waals surface area contributed by atoms with E-state index in [-0.39, 0.29) is 17.5 Å². The Bertz CT molecular complexity index is 1910. The van der Waals surface area contributed by atoms with Gasteiger partial charge in [-0.1, -0.05) is 61.5 Å². The Balaban J connectivity index is 1.55. The summed E-state index contributed by atoms with van der Waals surface area (Å²) in [6.45, 7) is 1.89. The molecule has 0 fully saturated rings. The fourth-order valence-electron chi connectivity index (χ4n) is 5.73. The molecule has 2 aromatic carbocycles. The summed E-state index contributed by atoms with van der Waals surface area (Å²) in [4.78, 5) is 44.8. The molecule has 232 valence electrons. The topological polar surface area (TPSA) is 101 Å². The van der Waals surface area contributed by atoms with E-state index >= 15 is 0 Å². The summed E-state index contributed by atoms with van der Waals surface area (Å²) < 4.78 is 43.0. The maximum Gasteiger partial charge on any atom is 0.417 e. The molecular formula is C34H30F3N3O4S. The maximum absolute atomic E-state index is 14.1. The van der Waals surface area contributed by atoms with Crippen molar-refractivity contribution in [2.24, 2.45) is 7.05 Å². The largest absolute Gasteiger partial charge is 0.480 e. The Kier molecular flexibility index (Phi) is 8.92. The molecule has 11 heteroatoms. The van der Waals surface area contributed by atoms with E-state index in [1.165, 1.54) is 24.6 Å². The zero-order valence-electron chi connectivity index (χ0n) is 24.5. The van der Waals surface area contributed by atoms with Gasteiger partial charge in [0.05, 0.1) is 22.2 Å². The summed E-state index contributed by atoms with van der Waals surface area (Å²) in [5.74, 6) is -1.71. The zero-order valence-corrected chi connectivity index (χ0v) is 25.3. The number of hydrogen-bond acceptors (Lipinski definition) is 5. The van der Waals surface area contributed by atoms with E-state index < -0.39 is 46.2 Å². The number of nitrogens with one attached hydrogen (secondary N) is 1. The maximum atomic E-state index is 14.1. The average molecular weight is 634 g/mol. The van der Waals surface area contributed by atoms with Gasteiger partial charge in [0.25, 0.3) is 5.56 Å². The normalized spacial score (nSPS) is 13.7. The number of thiophene rings is 1. The number of pyridine rings is 2. The van der Waals surface area contributed by atoms with Crippen LogP contribution in [0.25, 0.3) is 22.0 Å².